The maximum Gasteiger partial charge on any atom is 0.310 e. The minimum Gasteiger partial charge on any atom is -0.508 e. The van der Waals surface area contributed by atoms with E-state index >= 15 is 0 Å². The number of carbonyl (C=O) groups excluding carboxylic acids is 2. The molecule has 2 N–H and O–H groups in total. The van der Waals surface area contributed by atoms with Crippen LogP contribution < -0.4 is 0 Å². The van der Waals surface area contributed by atoms with Crippen LogP contribution in [0.2, 0.25) is 0 Å². The molecule has 6 nitrogen and oxygen atoms in total. The van der Waals surface area contributed by atoms with E-state index in [2.05, 4.69) is 4.74 Å². The zero-order chi connectivity index (χ0) is 17.0. The summed E-state index contributed by atoms with van der Waals surface area (Å²) in [6.45, 7) is 1.50. The van der Waals surface area contributed by atoms with Crippen LogP contribution in [0.1, 0.15) is 24.7 Å². The number of phenols is 2. The number of methoxy groups -OCH3 is 1. The van der Waals surface area contributed by atoms with Crippen LogP contribution in [-0.4, -0.2) is 29.1 Å². The molecular formula is C17H18O6. The predicted molar refractivity (Wildman–Crippen MR) is 82.2 cm³/mol. The maximum absolute atomic E-state index is 11.5. The normalized spacial score (nSPS) is 10.5. The highest BCUT2D eigenvalue weighted by molar-refractivity contribution is 5.80. The highest BCUT2D eigenvalue weighted by atomic mass is 16.5. The number of phenolic OH excluding ortho intramolecular Hbond substituents is 2. The molecule has 2 rings (SSSR count). The van der Waals surface area contributed by atoms with Crippen LogP contribution in [-0.2, 0) is 27.2 Å². The number of carbonyl (C=O) groups is 2. The number of furan rings is 1. The zero-order valence-corrected chi connectivity index (χ0v) is 13.0. The van der Waals surface area contributed by atoms with E-state index in [0.29, 0.717) is 35.5 Å². The van der Waals surface area contributed by atoms with E-state index in [9.17, 15) is 19.8 Å². The Kier molecular flexibility index (Phi) is 5.05. The Hall–Kier alpha value is -2.76. The summed E-state index contributed by atoms with van der Waals surface area (Å²) in [7, 11) is 1.26. The van der Waals surface area contributed by atoms with Crippen LogP contribution in [0.4, 0.5) is 0 Å². The lowest BCUT2D eigenvalue weighted by Crippen LogP contribution is -2.05. The molecule has 6 heteroatoms. The van der Waals surface area contributed by atoms with Gasteiger partial charge in [0.05, 0.1) is 19.1 Å². The van der Waals surface area contributed by atoms with Gasteiger partial charge >= 0.3 is 5.97 Å². The van der Waals surface area contributed by atoms with Crippen molar-refractivity contribution in [3.8, 4) is 22.8 Å². The first-order chi connectivity index (χ1) is 10.9. The molecule has 0 aliphatic rings. The summed E-state index contributed by atoms with van der Waals surface area (Å²) in [6, 6.07) is 5.92. The number of aromatic hydroxyl groups is 2. The number of rotatable bonds is 6. The molecule has 0 atom stereocenters. The highest BCUT2D eigenvalue weighted by Gasteiger charge is 2.18. The number of aryl methyl sites for hydroxylation is 1. The molecule has 122 valence electrons. The summed E-state index contributed by atoms with van der Waals surface area (Å²) in [5.74, 6) is 0.165. The van der Waals surface area contributed by atoms with Crippen molar-refractivity contribution < 1.29 is 29.0 Å². The molecule has 0 amide bonds. The summed E-state index contributed by atoms with van der Waals surface area (Å²) in [6.07, 6.45) is 0.710. The van der Waals surface area contributed by atoms with Crippen molar-refractivity contribution >= 4 is 11.8 Å². The topological polar surface area (TPSA) is 97.0 Å². The van der Waals surface area contributed by atoms with Crippen LogP contribution in [0.25, 0.3) is 11.3 Å². The van der Waals surface area contributed by atoms with E-state index in [1.54, 1.807) is 12.1 Å². The van der Waals surface area contributed by atoms with Crippen LogP contribution in [0, 0.1) is 0 Å². The lowest BCUT2D eigenvalue weighted by atomic mass is 10.0. The number of esters is 1. The number of hydrogen-bond donors (Lipinski definition) is 2. The average molecular weight is 318 g/mol. The number of benzene rings is 1. The minimum atomic E-state index is -0.500. The summed E-state index contributed by atoms with van der Waals surface area (Å²) in [4.78, 5) is 22.5. The summed E-state index contributed by atoms with van der Waals surface area (Å²) in [5, 5.41) is 19.7. The molecule has 0 unspecified atom stereocenters. The first kappa shape index (κ1) is 16.6. The molecule has 2 aromatic rings. The second-order valence-corrected chi connectivity index (χ2v) is 5.22. The van der Waals surface area contributed by atoms with Crippen molar-refractivity contribution in [2.75, 3.05) is 7.11 Å². The molecular weight excluding hydrogens is 300 g/mol. The van der Waals surface area contributed by atoms with Gasteiger partial charge in [-0.15, -0.1) is 0 Å². The van der Waals surface area contributed by atoms with Crippen molar-refractivity contribution in [2.45, 2.75) is 26.2 Å². The van der Waals surface area contributed by atoms with Gasteiger partial charge in [0, 0.05) is 18.9 Å². The van der Waals surface area contributed by atoms with Crippen LogP contribution in [0.15, 0.2) is 28.7 Å². The predicted octanol–water partition coefficient (Wildman–Crippen LogP) is 2.59. The zero-order valence-electron chi connectivity index (χ0n) is 13.0. The molecule has 0 bridgehead atoms. The average Bonchev–Trinajstić information content (AvgIpc) is 2.92. The largest absolute Gasteiger partial charge is 0.508 e. The van der Waals surface area contributed by atoms with Gasteiger partial charge < -0.3 is 24.2 Å². The molecule has 0 saturated carbocycles. The Morgan fingerprint density at radius 3 is 2.61 bits per heavy atom. The second kappa shape index (κ2) is 7.00. The smallest absolute Gasteiger partial charge is 0.310 e. The van der Waals surface area contributed by atoms with Crippen LogP contribution in [0.3, 0.4) is 0 Å². The lowest BCUT2D eigenvalue weighted by molar-refractivity contribution is -0.139. The first-order valence-electron chi connectivity index (χ1n) is 7.11. The third-order valence-electron chi connectivity index (χ3n) is 3.38. The molecule has 0 aliphatic carbocycles. The van der Waals surface area contributed by atoms with Crippen molar-refractivity contribution in [1.29, 1.82) is 0 Å². The molecule has 1 aromatic heterocycles. The van der Waals surface area contributed by atoms with Gasteiger partial charge in [-0.05, 0) is 30.7 Å². The number of Topliss-reactive ketones (excluding diaryl/α,β-unsaturated/α-hetero) is 1. The lowest BCUT2D eigenvalue weighted by Gasteiger charge is -2.10. The number of hydrogen-bond acceptors (Lipinski definition) is 6. The number of ether oxygens (including phenoxy) is 1. The van der Waals surface area contributed by atoms with E-state index in [1.807, 2.05) is 0 Å². The highest BCUT2D eigenvalue weighted by Crippen LogP contribution is 2.37. The Morgan fingerprint density at radius 1 is 1.22 bits per heavy atom. The number of ketones is 1. The molecule has 0 aliphatic heterocycles. The second-order valence-electron chi connectivity index (χ2n) is 5.22. The fourth-order valence-electron chi connectivity index (χ4n) is 2.27. The van der Waals surface area contributed by atoms with E-state index in [1.165, 1.54) is 26.2 Å². The van der Waals surface area contributed by atoms with Gasteiger partial charge in [-0.1, -0.05) is 0 Å². The van der Waals surface area contributed by atoms with Gasteiger partial charge in [0.1, 0.15) is 28.8 Å². The van der Waals surface area contributed by atoms with E-state index < -0.39 is 5.97 Å². The van der Waals surface area contributed by atoms with Crippen LogP contribution >= 0.6 is 0 Å². The van der Waals surface area contributed by atoms with Crippen molar-refractivity contribution in [2.24, 2.45) is 0 Å². The maximum atomic E-state index is 11.5. The fraction of sp³-hybridized carbons (Fsp3) is 0.294. The third-order valence-corrected chi connectivity index (χ3v) is 3.38. The molecule has 1 aromatic carbocycles. The quantitative estimate of drug-likeness (QED) is 0.795. The van der Waals surface area contributed by atoms with Crippen molar-refractivity contribution in [3.05, 3.63) is 35.6 Å². The molecule has 0 fully saturated rings. The SMILES string of the molecule is COC(=O)Cc1cc(O)cc(O)c1-c1ccc(CCC(C)=O)o1. The van der Waals surface area contributed by atoms with Gasteiger partial charge in [0.2, 0.25) is 0 Å². The van der Waals surface area contributed by atoms with Gasteiger partial charge in [-0.2, -0.15) is 0 Å². The first-order valence-corrected chi connectivity index (χ1v) is 7.11. The van der Waals surface area contributed by atoms with Crippen molar-refractivity contribution in [1.82, 2.24) is 0 Å². The minimum absolute atomic E-state index is 0.0572. The fourth-order valence-corrected chi connectivity index (χ4v) is 2.27. The van der Waals surface area contributed by atoms with Crippen LogP contribution in [0.5, 0.6) is 11.5 Å². The van der Waals surface area contributed by atoms with E-state index in [4.69, 9.17) is 4.42 Å². The molecule has 0 spiro atoms. The van der Waals surface area contributed by atoms with Gasteiger partial charge in [-0.3, -0.25) is 4.79 Å². The molecule has 0 saturated heterocycles. The Morgan fingerprint density at radius 2 is 1.96 bits per heavy atom. The van der Waals surface area contributed by atoms with E-state index in [0.717, 1.165) is 0 Å². The standard InChI is InChI=1S/C17H18O6/c1-10(18)3-4-13-5-6-15(23-13)17-11(8-16(21)22-2)7-12(19)9-14(17)20/h5-7,9,19-20H,3-4,8H2,1-2H3. The van der Waals surface area contributed by atoms with Gasteiger partial charge in [0.25, 0.3) is 0 Å². The molecule has 1 heterocycles. The van der Waals surface area contributed by atoms with E-state index in [-0.39, 0.29) is 23.7 Å². The molecule has 23 heavy (non-hydrogen) atoms. The van der Waals surface area contributed by atoms with Gasteiger partial charge in [0.15, 0.2) is 0 Å². The summed E-state index contributed by atoms with van der Waals surface area (Å²) < 4.78 is 10.3. The Balaban J connectivity index is 2.37. The Bertz CT molecular complexity index is 729. The summed E-state index contributed by atoms with van der Waals surface area (Å²) >= 11 is 0. The molecule has 0 radical (unpaired) electrons. The third kappa shape index (κ3) is 4.12. The monoisotopic (exact) mass is 318 g/mol. The Labute approximate surface area is 133 Å². The van der Waals surface area contributed by atoms with Crippen molar-refractivity contribution in [3.63, 3.8) is 0 Å². The van der Waals surface area contributed by atoms with Gasteiger partial charge in [-0.25, -0.2) is 0 Å². The summed E-state index contributed by atoms with van der Waals surface area (Å²) in [5.41, 5.74) is 0.712.